The van der Waals surface area contributed by atoms with Gasteiger partial charge in [-0.1, -0.05) is 0 Å². The lowest BCUT2D eigenvalue weighted by atomic mass is 10.2. The van der Waals surface area contributed by atoms with Gasteiger partial charge in [0.15, 0.2) is 0 Å². The van der Waals surface area contributed by atoms with Crippen LogP contribution in [-0.4, -0.2) is 43.2 Å². The number of nitrogens with one attached hydrogen (secondary N) is 1. The highest BCUT2D eigenvalue weighted by atomic mass is 16.6. The monoisotopic (exact) mass is 321 g/mol. The number of carbonyl (C=O) groups excluding carboxylic acids is 2. The number of nitrogens with zero attached hydrogens (tertiary/aromatic N) is 3. The van der Waals surface area contributed by atoms with Gasteiger partial charge in [-0.05, 0) is 20.8 Å². The zero-order chi connectivity index (χ0) is 17.0. The molecule has 0 saturated heterocycles. The SMILES string of the molecule is CC(C)(C)OC(=O)n1cnc(C[C@H](N)C(=O)Oc2ncc[nH]2)c1. The Kier molecular flexibility index (Phi) is 4.80. The molecule has 2 rings (SSSR count). The Morgan fingerprint density at radius 3 is 2.74 bits per heavy atom. The van der Waals surface area contributed by atoms with Crippen molar-refractivity contribution in [2.75, 3.05) is 0 Å². The van der Waals surface area contributed by atoms with E-state index in [-0.39, 0.29) is 12.4 Å². The summed E-state index contributed by atoms with van der Waals surface area (Å²) in [7, 11) is 0. The van der Waals surface area contributed by atoms with Crippen molar-refractivity contribution < 1.29 is 19.1 Å². The quantitative estimate of drug-likeness (QED) is 0.800. The van der Waals surface area contributed by atoms with Gasteiger partial charge in [0.1, 0.15) is 18.0 Å². The molecule has 124 valence electrons. The summed E-state index contributed by atoms with van der Waals surface area (Å²) < 4.78 is 11.4. The van der Waals surface area contributed by atoms with E-state index in [4.69, 9.17) is 15.2 Å². The zero-order valence-corrected chi connectivity index (χ0v) is 13.1. The van der Waals surface area contributed by atoms with E-state index in [1.807, 2.05) is 0 Å². The van der Waals surface area contributed by atoms with Crippen molar-refractivity contribution >= 4 is 12.1 Å². The summed E-state index contributed by atoms with van der Waals surface area (Å²) >= 11 is 0. The molecule has 1 atom stereocenters. The highest BCUT2D eigenvalue weighted by Crippen LogP contribution is 2.10. The Morgan fingerprint density at radius 2 is 2.13 bits per heavy atom. The Hall–Kier alpha value is -2.68. The summed E-state index contributed by atoms with van der Waals surface area (Å²) in [6, 6.07) is -0.855. The number of H-pyrrole nitrogens is 1. The maximum absolute atomic E-state index is 11.9. The van der Waals surface area contributed by atoms with Crippen LogP contribution in [0.1, 0.15) is 26.5 Å². The lowest BCUT2D eigenvalue weighted by molar-refractivity contribution is -0.136. The van der Waals surface area contributed by atoms with Gasteiger partial charge >= 0.3 is 18.1 Å². The maximum atomic E-state index is 11.9. The molecule has 2 aromatic heterocycles. The number of aromatic nitrogens is 4. The van der Waals surface area contributed by atoms with Crippen LogP contribution in [0.3, 0.4) is 0 Å². The molecular formula is C14H19N5O4. The summed E-state index contributed by atoms with van der Waals surface area (Å²) in [6.07, 6.45) is 5.33. The molecule has 0 spiro atoms. The first-order valence-electron chi connectivity index (χ1n) is 6.97. The molecule has 0 unspecified atom stereocenters. The van der Waals surface area contributed by atoms with Crippen LogP contribution in [-0.2, 0) is 16.0 Å². The Morgan fingerprint density at radius 1 is 1.39 bits per heavy atom. The molecule has 9 heteroatoms. The topological polar surface area (TPSA) is 125 Å². The Bertz CT molecular complexity index is 672. The van der Waals surface area contributed by atoms with Crippen LogP contribution in [0.15, 0.2) is 24.9 Å². The molecule has 0 aromatic carbocycles. The number of imidazole rings is 2. The van der Waals surface area contributed by atoms with Crippen LogP contribution in [0.4, 0.5) is 4.79 Å². The average Bonchev–Trinajstić information content (AvgIpc) is 3.08. The van der Waals surface area contributed by atoms with Crippen molar-refractivity contribution in [1.82, 2.24) is 19.5 Å². The van der Waals surface area contributed by atoms with Crippen LogP contribution >= 0.6 is 0 Å². The second-order valence-electron chi connectivity index (χ2n) is 5.88. The molecule has 0 aliphatic carbocycles. The molecular weight excluding hydrogens is 302 g/mol. The smallest absolute Gasteiger partial charge is 0.419 e. The number of esters is 1. The maximum Gasteiger partial charge on any atom is 0.419 e. The van der Waals surface area contributed by atoms with Crippen LogP contribution in [0.2, 0.25) is 0 Å². The molecule has 0 fully saturated rings. The van der Waals surface area contributed by atoms with E-state index in [1.54, 1.807) is 20.8 Å². The van der Waals surface area contributed by atoms with E-state index < -0.39 is 23.7 Å². The van der Waals surface area contributed by atoms with Crippen molar-refractivity contribution in [3.05, 3.63) is 30.6 Å². The molecule has 2 aromatic rings. The first-order chi connectivity index (χ1) is 10.7. The van der Waals surface area contributed by atoms with E-state index in [0.29, 0.717) is 5.69 Å². The number of ether oxygens (including phenoxy) is 2. The van der Waals surface area contributed by atoms with Gasteiger partial charge < -0.3 is 20.2 Å². The molecule has 0 saturated carbocycles. The van der Waals surface area contributed by atoms with Crippen molar-refractivity contribution in [2.45, 2.75) is 38.8 Å². The van der Waals surface area contributed by atoms with E-state index in [0.717, 1.165) is 0 Å². The number of carbonyl (C=O) groups is 2. The van der Waals surface area contributed by atoms with Gasteiger partial charge in [0, 0.05) is 25.0 Å². The van der Waals surface area contributed by atoms with Gasteiger partial charge in [0.05, 0.1) is 5.69 Å². The molecule has 23 heavy (non-hydrogen) atoms. The summed E-state index contributed by atoms with van der Waals surface area (Å²) in [4.78, 5) is 34.1. The third-order valence-electron chi connectivity index (χ3n) is 2.64. The zero-order valence-electron chi connectivity index (χ0n) is 13.1. The summed E-state index contributed by atoms with van der Waals surface area (Å²) in [5.74, 6) is -0.647. The molecule has 0 aliphatic heterocycles. The van der Waals surface area contributed by atoms with Gasteiger partial charge in [0.2, 0.25) is 0 Å². The van der Waals surface area contributed by atoms with E-state index >= 15 is 0 Å². The van der Waals surface area contributed by atoms with Crippen molar-refractivity contribution in [3.63, 3.8) is 0 Å². The fourth-order valence-corrected chi connectivity index (χ4v) is 1.67. The lowest BCUT2D eigenvalue weighted by Gasteiger charge is -2.19. The molecule has 0 aliphatic rings. The fourth-order valence-electron chi connectivity index (χ4n) is 1.67. The lowest BCUT2D eigenvalue weighted by Crippen LogP contribution is -2.36. The minimum atomic E-state index is -0.929. The summed E-state index contributed by atoms with van der Waals surface area (Å²) in [5.41, 5.74) is 5.64. The summed E-state index contributed by atoms with van der Waals surface area (Å²) in [6.45, 7) is 5.30. The molecule has 0 amide bonds. The third kappa shape index (κ3) is 4.92. The molecule has 2 heterocycles. The minimum absolute atomic E-state index is 0.0738. The van der Waals surface area contributed by atoms with Crippen LogP contribution in [0, 0.1) is 0 Å². The number of hydrogen-bond donors (Lipinski definition) is 2. The average molecular weight is 321 g/mol. The number of rotatable bonds is 4. The van der Waals surface area contributed by atoms with Gasteiger partial charge in [0.25, 0.3) is 0 Å². The van der Waals surface area contributed by atoms with Gasteiger partial charge in [-0.15, -0.1) is 0 Å². The second kappa shape index (κ2) is 6.61. The predicted octanol–water partition coefficient (Wildman–Crippen LogP) is 0.865. The van der Waals surface area contributed by atoms with Crippen molar-refractivity contribution in [1.29, 1.82) is 0 Å². The standard InChI is InChI=1S/C14H19N5O4/c1-14(2,3)23-13(21)19-7-9(18-8-19)6-10(15)11(20)22-12-16-4-5-17-12/h4-5,7-8,10H,6,15H2,1-3H3,(H,16,17)/t10-/m0/s1. The number of hydrogen-bond acceptors (Lipinski definition) is 7. The molecule has 3 N–H and O–H groups in total. The Balaban J connectivity index is 1.93. The van der Waals surface area contributed by atoms with Gasteiger partial charge in [-0.25, -0.2) is 24.1 Å². The van der Waals surface area contributed by atoms with E-state index in [9.17, 15) is 9.59 Å². The fraction of sp³-hybridized carbons (Fsp3) is 0.429. The van der Waals surface area contributed by atoms with Crippen molar-refractivity contribution in [3.8, 4) is 6.01 Å². The van der Waals surface area contributed by atoms with Crippen LogP contribution < -0.4 is 10.5 Å². The normalized spacial score (nSPS) is 12.7. The largest absolute Gasteiger partial charge is 0.443 e. The second-order valence-corrected chi connectivity index (χ2v) is 5.88. The molecule has 0 radical (unpaired) electrons. The van der Waals surface area contributed by atoms with E-state index in [1.165, 1.54) is 29.5 Å². The van der Waals surface area contributed by atoms with Gasteiger partial charge in [-0.2, -0.15) is 0 Å². The first-order valence-corrected chi connectivity index (χ1v) is 6.97. The number of aromatic amines is 1. The van der Waals surface area contributed by atoms with Crippen LogP contribution in [0.5, 0.6) is 6.01 Å². The first kappa shape index (κ1) is 16.7. The van der Waals surface area contributed by atoms with Crippen molar-refractivity contribution in [2.24, 2.45) is 5.73 Å². The van der Waals surface area contributed by atoms with Crippen LogP contribution in [0.25, 0.3) is 0 Å². The van der Waals surface area contributed by atoms with E-state index in [2.05, 4.69) is 15.0 Å². The summed E-state index contributed by atoms with van der Waals surface area (Å²) in [5, 5.41) is 0. The highest BCUT2D eigenvalue weighted by Gasteiger charge is 2.21. The third-order valence-corrected chi connectivity index (χ3v) is 2.64. The number of nitrogens with two attached hydrogens (primary N) is 1. The van der Waals surface area contributed by atoms with Gasteiger partial charge in [-0.3, -0.25) is 0 Å². The highest BCUT2D eigenvalue weighted by molar-refractivity contribution is 5.77. The molecule has 0 bridgehead atoms. The minimum Gasteiger partial charge on any atom is -0.443 e. The Labute approximate surface area is 132 Å². The predicted molar refractivity (Wildman–Crippen MR) is 79.8 cm³/mol. The molecule has 9 nitrogen and oxygen atoms in total.